The first-order chi connectivity index (χ1) is 12.4. The molecule has 12 heteroatoms. The summed E-state index contributed by atoms with van der Waals surface area (Å²) in [5, 5.41) is 4.07. The van der Waals surface area contributed by atoms with Crippen LogP contribution in [0, 0.1) is 30.1 Å². The number of piperidine rings is 1. The van der Waals surface area contributed by atoms with Crippen molar-refractivity contribution in [3.05, 3.63) is 7.43 Å². The molecule has 0 aromatic carbocycles. The minimum Gasteiger partial charge on any atom is -0.358 e. The minimum absolute atomic E-state index is 0. The standard InChI is InChI=1S/C13H23NO.C2H4F3NO2S.2CH3F.CH4.CH3.Cs/c1-12(2,3)6-11(15)14-7-9-10(8-14)13(9,4)5;3-2(4,5)1-9(6,7)8;2*1-2;;;/h9-10H,6-8H2,1-5H3;1H2,(H2,6,7,8);2*1H3;1H4;1H3;/q;;;;;-1;+1. The number of rotatable bonds is 2. The summed E-state index contributed by atoms with van der Waals surface area (Å²) in [6.07, 6.45) is -4.04. The fourth-order valence-corrected chi connectivity index (χ4v) is 3.59. The maximum atomic E-state index is 12.0. The Kier molecular flexibility index (Phi) is 22.7. The van der Waals surface area contributed by atoms with E-state index in [1.807, 2.05) is 0 Å². The van der Waals surface area contributed by atoms with Gasteiger partial charge in [0.2, 0.25) is 15.9 Å². The van der Waals surface area contributed by atoms with Gasteiger partial charge in [0.25, 0.3) is 0 Å². The number of hydrogen-bond donors (Lipinski definition) is 1. The third kappa shape index (κ3) is 18.1. The molecule has 0 aromatic rings. The van der Waals surface area contributed by atoms with Gasteiger partial charge in [0, 0.05) is 19.5 Å². The SMILES string of the molecule is C.CC(C)(C)CC(=O)N1CC2C(C1)C2(C)C.CF.CF.NS(=O)(=O)CC(F)(F)F.[CH3-].[Cs+]. The maximum absolute atomic E-state index is 12.0. The van der Waals surface area contributed by atoms with Crippen molar-refractivity contribution in [1.82, 2.24) is 4.90 Å². The number of primary sulfonamides is 1. The van der Waals surface area contributed by atoms with Gasteiger partial charge in [0.15, 0.2) is 5.75 Å². The molecule has 1 saturated heterocycles. The molecule has 5 nitrogen and oxygen atoms in total. The Labute approximate surface area is 244 Å². The fourth-order valence-electron chi connectivity index (χ4n) is 3.13. The van der Waals surface area contributed by atoms with Crippen molar-refractivity contribution in [1.29, 1.82) is 0 Å². The maximum Gasteiger partial charge on any atom is 1.00 e. The molecule has 2 N–H and O–H groups in total. The third-order valence-electron chi connectivity index (χ3n) is 4.52. The molecule has 2 unspecified atom stereocenters. The van der Waals surface area contributed by atoms with Gasteiger partial charge in [-0.1, -0.05) is 42.0 Å². The van der Waals surface area contributed by atoms with Crippen LogP contribution in [0.3, 0.4) is 0 Å². The zero-order valence-electron chi connectivity index (χ0n) is 19.5. The number of likely N-dealkylation sites (tertiary alicyclic amines) is 1. The number of nitrogens with zero attached hydrogens (tertiary/aromatic N) is 1. The number of fused-ring (bicyclic) bond motifs is 1. The number of carbonyl (C=O) groups excluding carboxylic acids is 1. The summed E-state index contributed by atoms with van der Waals surface area (Å²) in [4.78, 5) is 14.0. The van der Waals surface area contributed by atoms with E-state index in [0.717, 1.165) is 24.9 Å². The molecular weight excluding hydrogens is 564 g/mol. The van der Waals surface area contributed by atoms with Crippen molar-refractivity contribution in [3.8, 4) is 0 Å². The Hall–Kier alpha value is 1.08. The number of alkyl halides is 5. The molecular formula is C19H40CsF5N2O3S. The zero-order valence-corrected chi connectivity index (χ0v) is 26.6. The van der Waals surface area contributed by atoms with Crippen molar-refractivity contribution in [3.63, 3.8) is 0 Å². The second kappa shape index (κ2) is 16.7. The summed E-state index contributed by atoms with van der Waals surface area (Å²) in [6, 6.07) is 0. The quantitative estimate of drug-likeness (QED) is 0.385. The van der Waals surface area contributed by atoms with Crippen LogP contribution in [0.1, 0.15) is 48.5 Å². The molecule has 0 radical (unpaired) electrons. The Morgan fingerprint density at radius 1 is 1.03 bits per heavy atom. The topological polar surface area (TPSA) is 80.5 Å². The van der Waals surface area contributed by atoms with Gasteiger partial charge < -0.3 is 12.3 Å². The molecule has 1 saturated carbocycles. The number of carbonyl (C=O) groups is 1. The van der Waals surface area contributed by atoms with E-state index in [9.17, 15) is 35.2 Å². The molecule has 1 aliphatic heterocycles. The van der Waals surface area contributed by atoms with Crippen LogP contribution in [0.2, 0.25) is 0 Å². The molecule has 1 amide bonds. The Bertz CT molecular complexity index is 580. The van der Waals surface area contributed by atoms with Gasteiger partial charge in [0.05, 0.1) is 14.4 Å². The smallest absolute Gasteiger partial charge is 0.358 e. The van der Waals surface area contributed by atoms with Crippen LogP contribution in [-0.2, 0) is 14.8 Å². The van der Waals surface area contributed by atoms with Gasteiger partial charge >= 0.3 is 75.1 Å². The van der Waals surface area contributed by atoms with Gasteiger partial charge in [0.1, 0.15) is 0 Å². The zero-order chi connectivity index (χ0) is 23.1. The summed E-state index contributed by atoms with van der Waals surface area (Å²) < 4.78 is 71.7. The summed E-state index contributed by atoms with van der Waals surface area (Å²) in [5.41, 5.74) is 0.637. The molecule has 1 aliphatic carbocycles. The van der Waals surface area contributed by atoms with E-state index in [-0.39, 0.29) is 89.2 Å². The van der Waals surface area contributed by atoms with E-state index in [1.165, 1.54) is 0 Å². The summed E-state index contributed by atoms with van der Waals surface area (Å²) in [7, 11) is -3.41. The first-order valence-corrected chi connectivity index (χ1v) is 10.2. The van der Waals surface area contributed by atoms with Gasteiger partial charge in [-0.25, -0.2) is 13.6 Å². The molecule has 2 rings (SSSR count). The van der Waals surface area contributed by atoms with Crippen molar-refractivity contribution < 1.29 is 104 Å². The van der Waals surface area contributed by atoms with Crippen LogP contribution < -0.4 is 74.0 Å². The number of amides is 1. The first kappa shape index (κ1) is 42.3. The molecule has 2 aliphatic rings. The number of halogens is 5. The van der Waals surface area contributed by atoms with Gasteiger partial charge in [-0.05, 0) is 22.7 Å². The average molecular weight is 605 g/mol. The summed E-state index contributed by atoms with van der Waals surface area (Å²) in [5.74, 6) is -0.0478. The summed E-state index contributed by atoms with van der Waals surface area (Å²) in [6.45, 7) is 13.1. The summed E-state index contributed by atoms with van der Waals surface area (Å²) >= 11 is 0. The van der Waals surface area contributed by atoms with Crippen molar-refractivity contribution in [2.24, 2.45) is 27.8 Å². The van der Waals surface area contributed by atoms with Gasteiger partial charge in [-0.3, -0.25) is 13.6 Å². The van der Waals surface area contributed by atoms with E-state index < -0.39 is 22.0 Å². The monoisotopic (exact) mass is 604 g/mol. The van der Waals surface area contributed by atoms with Crippen LogP contribution in [0.4, 0.5) is 22.0 Å². The van der Waals surface area contributed by atoms with Crippen LogP contribution >= 0.6 is 0 Å². The Morgan fingerprint density at radius 3 is 1.55 bits per heavy atom. The minimum atomic E-state index is -4.73. The molecule has 0 bridgehead atoms. The number of nitrogens with two attached hydrogens (primary N) is 1. The molecule has 31 heavy (non-hydrogen) atoms. The van der Waals surface area contributed by atoms with E-state index in [2.05, 4.69) is 44.7 Å². The third-order valence-corrected chi connectivity index (χ3v) is 5.25. The van der Waals surface area contributed by atoms with Crippen molar-refractivity contribution in [2.45, 2.75) is 54.6 Å². The molecule has 186 valence electrons. The largest absolute Gasteiger partial charge is 1.00 e. The van der Waals surface area contributed by atoms with Crippen LogP contribution in [-0.4, -0.2) is 58.6 Å². The van der Waals surface area contributed by atoms with E-state index in [4.69, 9.17) is 0 Å². The van der Waals surface area contributed by atoms with Crippen LogP contribution in [0.25, 0.3) is 0 Å². The molecule has 0 spiro atoms. The van der Waals surface area contributed by atoms with E-state index in [1.54, 1.807) is 0 Å². The van der Waals surface area contributed by atoms with E-state index >= 15 is 0 Å². The molecule has 2 fully saturated rings. The number of sulfonamides is 1. The second-order valence-electron chi connectivity index (χ2n) is 8.49. The molecule has 0 aromatic heterocycles. The number of hydrogen-bond acceptors (Lipinski definition) is 3. The van der Waals surface area contributed by atoms with Crippen molar-refractivity contribution in [2.75, 3.05) is 33.2 Å². The Morgan fingerprint density at radius 2 is 1.35 bits per heavy atom. The second-order valence-corrected chi connectivity index (χ2v) is 10.1. The van der Waals surface area contributed by atoms with Crippen molar-refractivity contribution >= 4 is 15.9 Å². The van der Waals surface area contributed by atoms with Crippen LogP contribution in [0.15, 0.2) is 0 Å². The Balaban J connectivity index is -0.000000124. The van der Waals surface area contributed by atoms with Gasteiger partial charge in [-0.15, -0.1) is 0 Å². The predicted molar refractivity (Wildman–Crippen MR) is 113 cm³/mol. The van der Waals surface area contributed by atoms with Crippen LogP contribution in [0.5, 0.6) is 0 Å². The average Bonchev–Trinajstić information content (AvgIpc) is 2.86. The van der Waals surface area contributed by atoms with E-state index in [0.29, 0.717) is 32.1 Å². The molecule has 2 atom stereocenters. The fraction of sp³-hybridized carbons (Fsp3) is 0.895. The first-order valence-electron chi connectivity index (χ1n) is 8.53. The van der Waals surface area contributed by atoms with Gasteiger partial charge in [-0.2, -0.15) is 13.2 Å². The predicted octanol–water partition coefficient (Wildman–Crippen LogP) is 1.64. The normalized spacial score (nSPS) is 20.2. The molecule has 1 heterocycles.